The Morgan fingerprint density at radius 3 is 2.83 bits per heavy atom. The summed E-state index contributed by atoms with van der Waals surface area (Å²) in [4.78, 5) is 8.89. The molecule has 0 aliphatic carbocycles. The smallest absolute Gasteiger partial charge is 0.0832 e. The van der Waals surface area contributed by atoms with E-state index in [1.165, 1.54) is 14.8 Å². The van der Waals surface area contributed by atoms with E-state index in [2.05, 4.69) is 57.1 Å². The molecule has 5 aromatic rings. The first-order chi connectivity index (χ1) is 11.4. The van der Waals surface area contributed by atoms with Crippen molar-refractivity contribution in [3.63, 3.8) is 0 Å². The molecule has 0 amide bonds. The highest BCUT2D eigenvalue weighted by molar-refractivity contribution is 7.17. The Hall–Kier alpha value is -2.50. The molecular formula is C18H11N3S2. The topological polar surface area (TPSA) is 37.8 Å². The van der Waals surface area contributed by atoms with Crippen LogP contribution in [0.3, 0.4) is 0 Å². The summed E-state index contributed by atoms with van der Waals surface area (Å²) in [7, 11) is 0. The van der Waals surface area contributed by atoms with Crippen LogP contribution in [0.25, 0.3) is 31.2 Å². The maximum atomic E-state index is 4.51. The standard InChI is InChI=1S/C18H11N3S2/c1-2-17-16(20-10-23-17)8-12(1)21-14-3-5-19-15-7-11-4-6-22-18(11)9-13(14)15/h1-10H,(H,19,21). The van der Waals surface area contributed by atoms with Crippen molar-refractivity contribution >= 4 is 65.3 Å². The van der Waals surface area contributed by atoms with Gasteiger partial charge in [-0.1, -0.05) is 0 Å². The Balaban J connectivity index is 1.66. The molecule has 0 saturated heterocycles. The van der Waals surface area contributed by atoms with Crippen molar-refractivity contribution < 1.29 is 0 Å². The summed E-state index contributed by atoms with van der Waals surface area (Å²) in [6, 6.07) is 14.8. The second-order valence-electron chi connectivity index (χ2n) is 5.35. The number of nitrogens with one attached hydrogen (secondary N) is 1. The van der Waals surface area contributed by atoms with Gasteiger partial charge in [-0.15, -0.1) is 22.7 Å². The summed E-state index contributed by atoms with van der Waals surface area (Å²) in [6.45, 7) is 0. The first kappa shape index (κ1) is 13.0. The van der Waals surface area contributed by atoms with Crippen molar-refractivity contribution in [3.05, 3.63) is 59.6 Å². The molecule has 3 heterocycles. The molecule has 0 radical (unpaired) electrons. The Morgan fingerprint density at radius 1 is 0.826 bits per heavy atom. The molecule has 5 heteroatoms. The average Bonchev–Trinajstić information content (AvgIpc) is 3.21. The van der Waals surface area contributed by atoms with Crippen LogP contribution < -0.4 is 5.32 Å². The van der Waals surface area contributed by atoms with Gasteiger partial charge in [0.2, 0.25) is 0 Å². The minimum absolute atomic E-state index is 1.01. The second-order valence-corrected chi connectivity index (χ2v) is 7.18. The van der Waals surface area contributed by atoms with E-state index in [1.807, 2.05) is 17.8 Å². The lowest BCUT2D eigenvalue weighted by Crippen LogP contribution is -1.92. The van der Waals surface area contributed by atoms with Crippen LogP contribution in [0.4, 0.5) is 11.4 Å². The first-order valence-corrected chi connectivity index (χ1v) is 8.99. The Morgan fingerprint density at radius 2 is 1.83 bits per heavy atom. The fourth-order valence-corrected chi connectivity index (χ4v) is 4.27. The van der Waals surface area contributed by atoms with Crippen LogP contribution in [0.15, 0.2) is 59.6 Å². The molecule has 0 unspecified atom stereocenters. The van der Waals surface area contributed by atoms with E-state index < -0.39 is 0 Å². The third kappa shape index (κ3) is 2.17. The maximum Gasteiger partial charge on any atom is 0.0832 e. The number of nitrogens with zero attached hydrogens (tertiary/aromatic N) is 2. The Kier molecular flexibility index (Phi) is 2.83. The lowest BCUT2D eigenvalue weighted by molar-refractivity contribution is 1.41. The molecule has 3 nitrogen and oxygen atoms in total. The van der Waals surface area contributed by atoms with E-state index in [1.54, 1.807) is 22.7 Å². The number of hydrogen-bond acceptors (Lipinski definition) is 5. The van der Waals surface area contributed by atoms with Crippen LogP contribution in [0, 0.1) is 0 Å². The highest BCUT2D eigenvalue weighted by atomic mass is 32.1. The van der Waals surface area contributed by atoms with Gasteiger partial charge in [-0.2, -0.15) is 0 Å². The predicted molar refractivity (Wildman–Crippen MR) is 100 cm³/mol. The minimum Gasteiger partial charge on any atom is -0.355 e. The van der Waals surface area contributed by atoms with Gasteiger partial charge < -0.3 is 5.32 Å². The van der Waals surface area contributed by atoms with Gasteiger partial charge in [0.15, 0.2) is 0 Å². The van der Waals surface area contributed by atoms with E-state index >= 15 is 0 Å². The monoisotopic (exact) mass is 333 g/mol. The molecule has 1 N–H and O–H groups in total. The molecule has 2 aromatic carbocycles. The number of anilines is 2. The molecule has 0 fully saturated rings. The summed E-state index contributed by atoms with van der Waals surface area (Å²) >= 11 is 3.42. The SMILES string of the molecule is c1cc(Nc2ccc3scnc3c2)c2cc3sccc3cc2n1. The average molecular weight is 333 g/mol. The van der Waals surface area contributed by atoms with Crippen LogP contribution in [0.5, 0.6) is 0 Å². The fourth-order valence-electron chi connectivity index (χ4n) is 2.80. The highest BCUT2D eigenvalue weighted by Gasteiger charge is 2.06. The molecule has 0 aliphatic heterocycles. The third-order valence-corrected chi connectivity index (χ3v) is 5.61. The number of aromatic nitrogens is 2. The zero-order chi connectivity index (χ0) is 15.2. The van der Waals surface area contributed by atoms with Gasteiger partial charge in [-0.25, -0.2) is 4.98 Å². The van der Waals surface area contributed by atoms with E-state index in [-0.39, 0.29) is 0 Å². The number of pyridine rings is 1. The van der Waals surface area contributed by atoms with Gasteiger partial charge >= 0.3 is 0 Å². The van der Waals surface area contributed by atoms with Crippen LogP contribution in [-0.4, -0.2) is 9.97 Å². The molecule has 0 saturated carbocycles. The van der Waals surface area contributed by atoms with Gasteiger partial charge in [0, 0.05) is 27.7 Å². The molecule has 110 valence electrons. The number of benzene rings is 2. The van der Waals surface area contributed by atoms with Crippen molar-refractivity contribution in [2.45, 2.75) is 0 Å². The molecule has 0 atom stereocenters. The summed E-state index contributed by atoms with van der Waals surface area (Å²) in [5.74, 6) is 0. The number of thiophene rings is 1. The quantitative estimate of drug-likeness (QED) is 0.443. The third-order valence-electron chi connectivity index (χ3n) is 3.93. The first-order valence-electron chi connectivity index (χ1n) is 7.23. The lowest BCUT2D eigenvalue weighted by atomic mass is 10.1. The highest BCUT2D eigenvalue weighted by Crippen LogP contribution is 2.32. The van der Waals surface area contributed by atoms with Crippen molar-refractivity contribution in [3.8, 4) is 0 Å². The predicted octanol–water partition coefficient (Wildman–Crippen LogP) is 5.80. The number of fused-ring (bicyclic) bond motifs is 3. The van der Waals surface area contributed by atoms with E-state index in [4.69, 9.17) is 0 Å². The molecular weight excluding hydrogens is 322 g/mol. The molecule has 0 spiro atoms. The van der Waals surface area contributed by atoms with Gasteiger partial charge in [0.1, 0.15) is 0 Å². The van der Waals surface area contributed by atoms with Gasteiger partial charge in [-0.3, -0.25) is 4.98 Å². The normalized spacial score (nSPS) is 11.5. The lowest BCUT2D eigenvalue weighted by Gasteiger charge is -2.09. The largest absolute Gasteiger partial charge is 0.355 e. The van der Waals surface area contributed by atoms with E-state index in [0.717, 1.165) is 27.8 Å². The molecule has 0 aliphatic rings. The molecule has 5 rings (SSSR count). The zero-order valence-electron chi connectivity index (χ0n) is 12.0. The van der Waals surface area contributed by atoms with Crippen LogP contribution in [0.1, 0.15) is 0 Å². The number of thiazole rings is 1. The van der Waals surface area contributed by atoms with Crippen molar-refractivity contribution in [1.82, 2.24) is 9.97 Å². The number of rotatable bonds is 2. The van der Waals surface area contributed by atoms with Gasteiger partial charge in [-0.05, 0) is 53.2 Å². The van der Waals surface area contributed by atoms with Crippen molar-refractivity contribution in [2.24, 2.45) is 0 Å². The zero-order valence-corrected chi connectivity index (χ0v) is 13.6. The van der Waals surface area contributed by atoms with E-state index in [9.17, 15) is 0 Å². The van der Waals surface area contributed by atoms with E-state index in [0.29, 0.717) is 0 Å². The van der Waals surface area contributed by atoms with Crippen LogP contribution in [-0.2, 0) is 0 Å². The minimum atomic E-state index is 1.01. The fraction of sp³-hybridized carbons (Fsp3) is 0. The summed E-state index contributed by atoms with van der Waals surface area (Å²) in [5.41, 5.74) is 6.03. The Bertz CT molecular complexity index is 1160. The van der Waals surface area contributed by atoms with Crippen LogP contribution in [0.2, 0.25) is 0 Å². The molecule has 23 heavy (non-hydrogen) atoms. The molecule has 3 aromatic heterocycles. The van der Waals surface area contributed by atoms with Gasteiger partial charge in [0.05, 0.1) is 21.2 Å². The van der Waals surface area contributed by atoms with Crippen molar-refractivity contribution in [2.75, 3.05) is 5.32 Å². The second kappa shape index (κ2) is 5.01. The summed E-state index contributed by atoms with van der Waals surface area (Å²) in [6.07, 6.45) is 1.85. The Labute approximate surface area is 140 Å². The maximum absolute atomic E-state index is 4.51. The summed E-state index contributed by atoms with van der Waals surface area (Å²) in [5, 5.41) is 8.02. The summed E-state index contributed by atoms with van der Waals surface area (Å²) < 4.78 is 2.49. The van der Waals surface area contributed by atoms with Crippen molar-refractivity contribution in [1.29, 1.82) is 0 Å². The number of hydrogen-bond donors (Lipinski definition) is 1. The van der Waals surface area contributed by atoms with Gasteiger partial charge in [0.25, 0.3) is 0 Å². The molecule has 0 bridgehead atoms. The van der Waals surface area contributed by atoms with Crippen LogP contribution >= 0.6 is 22.7 Å².